The van der Waals surface area contributed by atoms with Gasteiger partial charge in [-0.1, -0.05) is 83.0 Å². The van der Waals surface area contributed by atoms with Gasteiger partial charge in [0.05, 0.1) is 5.92 Å². The topological polar surface area (TPSA) is 55.4 Å². The van der Waals surface area contributed by atoms with Crippen molar-refractivity contribution >= 4 is 34.4 Å². The van der Waals surface area contributed by atoms with E-state index in [0.29, 0.717) is 18.6 Å². The summed E-state index contributed by atoms with van der Waals surface area (Å²) in [6.07, 6.45) is 3.03. The molecule has 5 heteroatoms. The molecule has 0 bridgehead atoms. The van der Waals surface area contributed by atoms with E-state index in [1.54, 1.807) is 11.8 Å². The lowest BCUT2D eigenvalue weighted by atomic mass is 9.95. The quantitative estimate of drug-likeness (QED) is 0.399. The molecule has 0 aromatic heterocycles. The maximum absolute atomic E-state index is 13.5. The average Bonchev–Trinajstić information content (AvgIpc) is 2.72. The number of fused-ring (bicyclic) bond motifs is 1. The van der Waals surface area contributed by atoms with E-state index in [9.17, 15) is 9.59 Å². The average molecular weight is 472 g/mol. The molecule has 0 aliphatic rings. The highest BCUT2D eigenvalue weighted by Gasteiger charge is 2.30. The van der Waals surface area contributed by atoms with Crippen LogP contribution >= 0.6 is 11.8 Å². The molecule has 2 aromatic rings. The molecule has 0 radical (unpaired) electrons. The molecule has 1 amide bonds. The highest BCUT2D eigenvalue weighted by Crippen LogP contribution is 2.29. The van der Waals surface area contributed by atoms with Crippen LogP contribution in [0.2, 0.25) is 0 Å². The summed E-state index contributed by atoms with van der Waals surface area (Å²) in [5, 5.41) is 5.40. The molecule has 2 rings (SSSR count). The van der Waals surface area contributed by atoms with E-state index in [-0.39, 0.29) is 22.5 Å². The van der Waals surface area contributed by atoms with Crippen molar-refractivity contribution in [1.29, 1.82) is 0 Å². The van der Waals surface area contributed by atoms with Crippen LogP contribution in [0.15, 0.2) is 42.5 Å². The number of carbonyl (C=O) groups excluding carboxylic acids is 2. The molecular weight excluding hydrogens is 430 g/mol. The summed E-state index contributed by atoms with van der Waals surface area (Å²) >= 11 is 1.78. The summed E-state index contributed by atoms with van der Waals surface area (Å²) in [6, 6.07) is 13.9. The van der Waals surface area contributed by atoms with Crippen molar-refractivity contribution in [2.24, 2.45) is 5.92 Å². The largest absolute Gasteiger partial charge is 0.458 e. The van der Waals surface area contributed by atoms with Gasteiger partial charge in [-0.05, 0) is 49.9 Å². The second-order valence-electron chi connectivity index (χ2n) is 10.7. The number of carbonyl (C=O) groups is 2. The van der Waals surface area contributed by atoms with Crippen LogP contribution in [0.4, 0.5) is 0 Å². The minimum Gasteiger partial charge on any atom is -0.458 e. The Kier molecular flexibility index (Phi) is 9.84. The Morgan fingerprint density at radius 2 is 1.67 bits per heavy atom. The van der Waals surface area contributed by atoms with Gasteiger partial charge in [-0.15, -0.1) is 0 Å². The fourth-order valence-electron chi connectivity index (χ4n) is 3.63. The minimum atomic E-state index is -0.619. The van der Waals surface area contributed by atoms with Gasteiger partial charge in [-0.25, -0.2) is 4.79 Å². The molecule has 33 heavy (non-hydrogen) atoms. The number of hydrogen-bond acceptors (Lipinski definition) is 4. The molecule has 0 aliphatic heterocycles. The lowest BCUT2D eigenvalue weighted by molar-refractivity contribution is -0.159. The van der Waals surface area contributed by atoms with Gasteiger partial charge in [-0.2, -0.15) is 11.8 Å². The Labute approximate surface area is 204 Å². The number of unbranched alkanes of at least 4 members (excludes halogenated alkanes) is 1. The fourth-order valence-corrected chi connectivity index (χ4v) is 4.60. The molecule has 2 atom stereocenters. The molecule has 0 heterocycles. The number of esters is 1. The Hall–Kier alpha value is -2.01. The first kappa shape index (κ1) is 27.2. The van der Waals surface area contributed by atoms with Gasteiger partial charge in [0.25, 0.3) is 0 Å². The monoisotopic (exact) mass is 471 g/mol. The molecule has 1 N–H and O–H groups in total. The van der Waals surface area contributed by atoms with Gasteiger partial charge in [0, 0.05) is 10.5 Å². The van der Waals surface area contributed by atoms with Gasteiger partial charge in [0.1, 0.15) is 11.6 Å². The van der Waals surface area contributed by atoms with E-state index in [4.69, 9.17) is 4.74 Å². The van der Waals surface area contributed by atoms with E-state index in [1.165, 1.54) is 10.8 Å². The highest BCUT2D eigenvalue weighted by molar-refractivity contribution is 8.00. The predicted molar refractivity (Wildman–Crippen MR) is 141 cm³/mol. The Bertz CT molecular complexity index is 921. The first-order valence-corrected chi connectivity index (χ1v) is 13.0. The minimum absolute atomic E-state index is 0.0457. The van der Waals surface area contributed by atoms with Crippen LogP contribution in [-0.2, 0) is 20.7 Å². The van der Waals surface area contributed by atoms with Crippen LogP contribution in [-0.4, -0.2) is 34.0 Å². The summed E-state index contributed by atoms with van der Waals surface area (Å²) in [5.74, 6) is 0.0165. The van der Waals surface area contributed by atoms with Gasteiger partial charge in [0.15, 0.2) is 0 Å². The summed E-state index contributed by atoms with van der Waals surface area (Å²) in [5.41, 5.74) is 0.571. The van der Waals surface area contributed by atoms with Crippen molar-refractivity contribution in [3.05, 3.63) is 48.0 Å². The SMILES string of the molecule is CCCC[C@H](NC(=O)[C@@H](CSC(C)(C)C)Cc1cccc2ccccc12)C(=O)OC(C)(C)C. The van der Waals surface area contributed by atoms with E-state index in [1.807, 2.05) is 39.0 Å². The molecule has 0 fully saturated rings. The molecule has 0 aliphatic carbocycles. The molecule has 4 nitrogen and oxygen atoms in total. The molecule has 0 spiro atoms. The number of amides is 1. The van der Waals surface area contributed by atoms with Gasteiger partial charge in [0.2, 0.25) is 5.91 Å². The molecular formula is C28H41NO3S. The zero-order valence-electron chi connectivity index (χ0n) is 21.4. The van der Waals surface area contributed by atoms with Crippen LogP contribution in [0, 0.1) is 5.92 Å². The number of nitrogens with one attached hydrogen (secondary N) is 1. The summed E-state index contributed by atoms with van der Waals surface area (Å²) in [4.78, 5) is 26.3. The Balaban J connectivity index is 2.26. The molecule has 0 saturated carbocycles. The smallest absolute Gasteiger partial charge is 0.329 e. The molecule has 2 aromatic carbocycles. The molecule has 0 saturated heterocycles. The van der Waals surface area contributed by atoms with E-state index in [0.717, 1.165) is 18.4 Å². The third kappa shape index (κ3) is 9.40. The van der Waals surface area contributed by atoms with Crippen LogP contribution in [0.3, 0.4) is 0 Å². The molecule has 182 valence electrons. The van der Waals surface area contributed by atoms with E-state index < -0.39 is 11.6 Å². The Morgan fingerprint density at radius 3 is 2.30 bits per heavy atom. The number of ether oxygens (including phenoxy) is 1. The molecule has 0 unspecified atom stereocenters. The second-order valence-corrected chi connectivity index (χ2v) is 12.5. The first-order chi connectivity index (χ1) is 15.4. The van der Waals surface area contributed by atoms with Crippen LogP contribution in [0.1, 0.15) is 73.3 Å². The van der Waals surface area contributed by atoms with Crippen molar-refractivity contribution in [2.75, 3.05) is 5.75 Å². The van der Waals surface area contributed by atoms with Gasteiger partial charge in [-0.3, -0.25) is 4.79 Å². The van der Waals surface area contributed by atoms with Gasteiger partial charge >= 0.3 is 5.97 Å². The van der Waals surface area contributed by atoms with Crippen molar-refractivity contribution in [3.8, 4) is 0 Å². The summed E-state index contributed by atoms with van der Waals surface area (Å²) in [6.45, 7) is 14.1. The number of thioether (sulfide) groups is 1. The zero-order valence-corrected chi connectivity index (χ0v) is 22.2. The summed E-state index contributed by atoms with van der Waals surface area (Å²) < 4.78 is 5.65. The lowest BCUT2D eigenvalue weighted by Crippen LogP contribution is -2.47. The maximum Gasteiger partial charge on any atom is 0.329 e. The normalized spacial score (nSPS) is 14.0. The maximum atomic E-state index is 13.5. The van der Waals surface area contributed by atoms with Crippen molar-refractivity contribution in [3.63, 3.8) is 0 Å². The van der Waals surface area contributed by atoms with Crippen molar-refractivity contribution in [2.45, 2.75) is 90.5 Å². The summed E-state index contributed by atoms with van der Waals surface area (Å²) in [7, 11) is 0. The fraction of sp³-hybridized carbons (Fsp3) is 0.571. The number of benzene rings is 2. The van der Waals surface area contributed by atoms with Gasteiger partial charge < -0.3 is 10.1 Å². The number of rotatable bonds is 10. The second kappa shape index (κ2) is 11.9. The Morgan fingerprint density at radius 1 is 1.00 bits per heavy atom. The van der Waals surface area contributed by atoms with Crippen molar-refractivity contribution in [1.82, 2.24) is 5.32 Å². The third-order valence-electron chi connectivity index (χ3n) is 5.29. The zero-order chi connectivity index (χ0) is 24.6. The van der Waals surface area contributed by atoms with Crippen LogP contribution in [0.25, 0.3) is 10.8 Å². The first-order valence-electron chi connectivity index (χ1n) is 12.0. The predicted octanol–water partition coefficient (Wildman–Crippen LogP) is 6.55. The van der Waals surface area contributed by atoms with Crippen LogP contribution in [0.5, 0.6) is 0 Å². The number of hydrogen-bond donors (Lipinski definition) is 1. The van der Waals surface area contributed by atoms with E-state index in [2.05, 4.69) is 57.3 Å². The third-order valence-corrected chi connectivity index (χ3v) is 6.72. The standard InChI is InChI=1S/C28H41NO3S/c1-8-9-17-24(26(31)32-27(2,3)4)29-25(30)22(19-33-28(5,6)7)18-21-15-12-14-20-13-10-11-16-23(20)21/h10-16,22,24H,8-9,17-19H2,1-7H3,(H,29,30)/t22-,24+/m1/s1. The lowest BCUT2D eigenvalue weighted by Gasteiger charge is -2.27. The van der Waals surface area contributed by atoms with Crippen LogP contribution < -0.4 is 5.32 Å². The van der Waals surface area contributed by atoms with E-state index >= 15 is 0 Å². The highest BCUT2D eigenvalue weighted by atomic mass is 32.2. The van der Waals surface area contributed by atoms with Crippen molar-refractivity contribution < 1.29 is 14.3 Å².